The second-order valence-electron chi connectivity index (χ2n) is 6.38. The number of hydrogen-bond acceptors (Lipinski definition) is 1. The molecule has 1 aliphatic rings. The second-order valence-corrected chi connectivity index (χ2v) is 6.38. The van der Waals surface area contributed by atoms with Crippen molar-refractivity contribution >= 4 is 0 Å². The topological polar surface area (TPSA) is 26.0 Å². The highest BCUT2D eigenvalue weighted by Gasteiger charge is 2.35. The van der Waals surface area contributed by atoms with Crippen LogP contribution in [-0.2, 0) is 0 Å². The molecule has 0 saturated heterocycles. The third-order valence-electron chi connectivity index (χ3n) is 4.31. The van der Waals surface area contributed by atoms with Crippen LogP contribution < -0.4 is 5.73 Å². The lowest BCUT2D eigenvalue weighted by Gasteiger charge is -2.41. The zero-order valence-corrected chi connectivity index (χ0v) is 11.1. The van der Waals surface area contributed by atoms with Crippen molar-refractivity contribution in [3.8, 4) is 0 Å². The zero-order valence-electron chi connectivity index (χ0n) is 11.1. The van der Waals surface area contributed by atoms with E-state index in [2.05, 4.69) is 27.7 Å². The molecule has 0 aromatic rings. The Morgan fingerprint density at radius 2 is 1.67 bits per heavy atom. The molecule has 1 saturated carbocycles. The number of rotatable bonds is 4. The lowest BCUT2D eigenvalue weighted by Crippen LogP contribution is -2.37. The zero-order chi connectivity index (χ0) is 11.5. The predicted molar refractivity (Wildman–Crippen MR) is 67.7 cm³/mol. The molecule has 0 unspecified atom stereocenters. The van der Waals surface area contributed by atoms with Crippen molar-refractivity contribution in [3.05, 3.63) is 0 Å². The average Bonchev–Trinajstić information content (AvgIpc) is 2.17. The van der Waals surface area contributed by atoms with E-state index in [4.69, 9.17) is 5.73 Å². The third-order valence-corrected chi connectivity index (χ3v) is 4.31. The van der Waals surface area contributed by atoms with Crippen LogP contribution >= 0.6 is 0 Å². The lowest BCUT2D eigenvalue weighted by molar-refractivity contribution is 0.109. The summed E-state index contributed by atoms with van der Waals surface area (Å²) in [4.78, 5) is 0. The van der Waals surface area contributed by atoms with Gasteiger partial charge in [0.2, 0.25) is 0 Å². The first kappa shape index (κ1) is 13.0. The Hall–Kier alpha value is -0.0400. The van der Waals surface area contributed by atoms with Gasteiger partial charge in [-0.1, -0.05) is 27.7 Å². The Kier molecular flexibility index (Phi) is 4.64. The van der Waals surface area contributed by atoms with Crippen LogP contribution in [0.2, 0.25) is 0 Å². The quantitative estimate of drug-likeness (QED) is 0.751. The van der Waals surface area contributed by atoms with Gasteiger partial charge in [0, 0.05) is 0 Å². The van der Waals surface area contributed by atoms with Crippen LogP contribution in [0.5, 0.6) is 0 Å². The fourth-order valence-electron chi connectivity index (χ4n) is 3.28. The van der Waals surface area contributed by atoms with Crippen molar-refractivity contribution in [3.63, 3.8) is 0 Å². The van der Waals surface area contributed by atoms with Crippen LogP contribution in [0.3, 0.4) is 0 Å². The van der Waals surface area contributed by atoms with E-state index in [0.717, 1.165) is 24.3 Å². The van der Waals surface area contributed by atoms with Gasteiger partial charge in [-0.2, -0.15) is 0 Å². The van der Waals surface area contributed by atoms with E-state index < -0.39 is 0 Å². The summed E-state index contributed by atoms with van der Waals surface area (Å²) in [7, 11) is 0. The van der Waals surface area contributed by atoms with Crippen molar-refractivity contribution < 1.29 is 0 Å². The van der Waals surface area contributed by atoms with Crippen LogP contribution in [0.25, 0.3) is 0 Å². The highest BCUT2D eigenvalue weighted by Crippen LogP contribution is 2.44. The predicted octanol–water partition coefficient (Wildman–Crippen LogP) is 3.82. The standard InChI is InChI=1S/C14H29N/c1-11(2)9-14(10-15)7-5-13(6-8-14)12(3)4/h11-13H,5-10,15H2,1-4H3. The van der Waals surface area contributed by atoms with Crippen molar-refractivity contribution in [1.29, 1.82) is 0 Å². The van der Waals surface area contributed by atoms with E-state index in [1.54, 1.807) is 0 Å². The molecule has 1 rings (SSSR count). The Bertz CT molecular complexity index is 176. The molecule has 0 radical (unpaired) electrons. The minimum atomic E-state index is 0.486. The van der Waals surface area contributed by atoms with Gasteiger partial charge in [0.15, 0.2) is 0 Å². The fraction of sp³-hybridized carbons (Fsp3) is 1.00. The lowest BCUT2D eigenvalue weighted by atomic mass is 9.65. The summed E-state index contributed by atoms with van der Waals surface area (Å²) in [6.45, 7) is 10.3. The van der Waals surface area contributed by atoms with Gasteiger partial charge in [-0.05, 0) is 61.8 Å². The van der Waals surface area contributed by atoms with Crippen LogP contribution in [0, 0.1) is 23.2 Å². The maximum atomic E-state index is 6.01. The first-order valence-corrected chi connectivity index (χ1v) is 6.69. The highest BCUT2D eigenvalue weighted by atomic mass is 14.6. The first-order valence-electron chi connectivity index (χ1n) is 6.69. The summed E-state index contributed by atoms with van der Waals surface area (Å²) >= 11 is 0. The Morgan fingerprint density at radius 3 is 2.00 bits per heavy atom. The molecular formula is C14H29N. The normalized spacial score (nSPS) is 32.6. The molecule has 15 heavy (non-hydrogen) atoms. The van der Waals surface area contributed by atoms with Gasteiger partial charge < -0.3 is 5.73 Å². The summed E-state index contributed by atoms with van der Waals surface area (Å²) in [6.07, 6.45) is 6.87. The van der Waals surface area contributed by atoms with Gasteiger partial charge in [0.05, 0.1) is 0 Å². The van der Waals surface area contributed by atoms with Crippen LogP contribution in [-0.4, -0.2) is 6.54 Å². The van der Waals surface area contributed by atoms with Crippen molar-refractivity contribution in [2.45, 2.75) is 59.8 Å². The van der Waals surface area contributed by atoms with Gasteiger partial charge in [-0.15, -0.1) is 0 Å². The van der Waals surface area contributed by atoms with E-state index in [1.165, 1.54) is 32.1 Å². The molecule has 1 heteroatoms. The molecule has 0 bridgehead atoms. The summed E-state index contributed by atoms with van der Waals surface area (Å²) in [6, 6.07) is 0. The number of nitrogens with two attached hydrogens (primary N) is 1. The summed E-state index contributed by atoms with van der Waals surface area (Å²) in [5.74, 6) is 2.61. The molecule has 0 aliphatic heterocycles. The van der Waals surface area contributed by atoms with Gasteiger partial charge in [0.25, 0.3) is 0 Å². The molecule has 0 atom stereocenters. The maximum absolute atomic E-state index is 6.01. The van der Waals surface area contributed by atoms with Crippen molar-refractivity contribution in [2.24, 2.45) is 28.9 Å². The van der Waals surface area contributed by atoms with E-state index in [1.807, 2.05) is 0 Å². The smallest absolute Gasteiger partial charge is 0.00204 e. The summed E-state index contributed by atoms with van der Waals surface area (Å²) in [5, 5.41) is 0. The van der Waals surface area contributed by atoms with E-state index in [-0.39, 0.29) is 0 Å². The van der Waals surface area contributed by atoms with Crippen LogP contribution in [0.4, 0.5) is 0 Å². The van der Waals surface area contributed by atoms with Crippen LogP contribution in [0.15, 0.2) is 0 Å². The minimum absolute atomic E-state index is 0.486. The minimum Gasteiger partial charge on any atom is -0.330 e. The second kappa shape index (κ2) is 5.34. The van der Waals surface area contributed by atoms with Gasteiger partial charge in [-0.3, -0.25) is 0 Å². The fourth-order valence-corrected chi connectivity index (χ4v) is 3.28. The Balaban J connectivity index is 2.50. The van der Waals surface area contributed by atoms with Gasteiger partial charge >= 0.3 is 0 Å². The first-order chi connectivity index (χ1) is 6.99. The maximum Gasteiger partial charge on any atom is -0.00204 e. The molecule has 0 spiro atoms. The molecule has 0 aromatic heterocycles. The molecular weight excluding hydrogens is 182 g/mol. The highest BCUT2D eigenvalue weighted by molar-refractivity contribution is 4.87. The number of hydrogen-bond donors (Lipinski definition) is 1. The molecule has 90 valence electrons. The molecule has 0 heterocycles. The summed E-state index contributed by atoms with van der Waals surface area (Å²) < 4.78 is 0. The molecule has 1 aliphatic carbocycles. The van der Waals surface area contributed by atoms with E-state index in [0.29, 0.717) is 5.41 Å². The van der Waals surface area contributed by atoms with Gasteiger partial charge in [-0.25, -0.2) is 0 Å². The molecule has 2 N–H and O–H groups in total. The summed E-state index contributed by atoms with van der Waals surface area (Å²) in [5.41, 5.74) is 6.49. The third kappa shape index (κ3) is 3.48. The molecule has 0 amide bonds. The molecule has 0 aromatic carbocycles. The van der Waals surface area contributed by atoms with Gasteiger partial charge in [0.1, 0.15) is 0 Å². The van der Waals surface area contributed by atoms with Crippen molar-refractivity contribution in [1.82, 2.24) is 0 Å². The Morgan fingerprint density at radius 1 is 1.13 bits per heavy atom. The SMILES string of the molecule is CC(C)CC1(CN)CCC(C(C)C)CC1. The Labute approximate surface area is 95.8 Å². The monoisotopic (exact) mass is 211 g/mol. The van der Waals surface area contributed by atoms with Crippen molar-refractivity contribution in [2.75, 3.05) is 6.54 Å². The van der Waals surface area contributed by atoms with E-state index >= 15 is 0 Å². The van der Waals surface area contributed by atoms with E-state index in [9.17, 15) is 0 Å². The molecule has 1 nitrogen and oxygen atoms in total. The molecule has 1 fully saturated rings. The largest absolute Gasteiger partial charge is 0.330 e. The average molecular weight is 211 g/mol. The van der Waals surface area contributed by atoms with Crippen LogP contribution in [0.1, 0.15) is 59.8 Å².